The maximum absolute atomic E-state index is 5.68. The summed E-state index contributed by atoms with van der Waals surface area (Å²) in [7, 11) is 0. The van der Waals surface area contributed by atoms with Crippen molar-refractivity contribution in [2.24, 2.45) is 0 Å². The number of pyridine rings is 2. The van der Waals surface area contributed by atoms with Gasteiger partial charge in [0.2, 0.25) is 5.88 Å². The predicted molar refractivity (Wildman–Crippen MR) is 108 cm³/mol. The van der Waals surface area contributed by atoms with Gasteiger partial charge in [-0.05, 0) is 56.2 Å². The molecule has 0 radical (unpaired) electrons. The Morgan fingerprint density at radius 3 is 2.61 bits per heavy atom. The molecule has 0 spiro atoms. The van der Waals surface area contributed by atoms with Crippen molar-refractivity contribution in [2.45, 2.75) is 33.6 Å². The summed E-state index contributed by atoms with van der Waals surface area (Å²) in [5, 5.41) is 0. The van der Waals surface area contributed by atoms with Crippen LogP contribution in [0.3, 0.4) is 0 Å². The molecule has 4 aromatic heterocycles. The van der Waals surface area contributed by atoms with Crippen molar-refractivity contribution >= 4 is 5.65 Å². The van der Waals surface area contributed by atoms with Crippen LogP contribution in [0.15, 0.2) is 48.9 Å². The van der Waals surface area contributed by atoms with Gasteiger partial charge in [-0.2, -0.15) is 4.98 Å². The maximum atomic E-state index is 5.68. The number of aryl methyl sites for hydroxylation is 2. The van der Waals surface area contributed by atoms with Crippen molar-refractivity contribution < 1.29 is 4.74 Å². The Hall–Kier alpha value is -3.28. The molecule has 0 aliphatic carbocycles. The Morgan fingerprint density at radius 1 is 0.929 bits per heavy atom. The van der Waals surface area contributed by atoms with Crippen molar-refractivity contribution in [1.29, 1.82) is 0 Å². The van der Waals surface area contributed by atoms with E-state index in [1.807, 2.05) is 36.7 Å². The molecule has 0 fully saturated rings. The number of hydrogen-bond donors (Lipinski definition) is 0. The first-order valence-corrected chi connectivity index (χ1v) is 9.44. The summed E-state index contributed by atoms with van der Waals surface area (Å²) in [5.74, 6) is 1.33. The minimum atomic E-state index is 0.567. The molecule has 0 amide bonds. The Labute approximate surface area is 164 Å². The highest BCUT2D eigenvalue weighted by molar-refractivity contribution is 5.42. The lowest BCUT2D eigenvalue weighted by Crippen LogP contribution is -2.06. The third-order valence-electron chi connectivity index (χ3n) is 4.43. The lowest BCUT2D eigenvalue weighted by molar-refractivity contribution is 0.324. The zero-order valence-electron chi connectivity index (χ0n) is 16.4. The van der Waals surface area contributed by atoms with Gasteiger partial charge in [0.25, 0.3) is 0 Å². The maximum Gasteiger partial charge on any atom is 0.216 e. The molecule has 4 rings (SSSR count). The number of nitrogens with zero attached hydrogens (tertiary/aromatic N) is 5. The Balaban J connectivity index is 1.64. The molecule has 0 saturated carbocycles. The quantitative estimate of drug-likeness (QED) is 0.515. The normalized spacial score (nSPS) is 11.1. The van der Waals surface area contributed by atoms with Gasteiger partial charge in [-0.3, -0.25) is 4.98 Å². The fraction of sp³-hybridized carbons (Fsp3) is 0.273. The van der Waals surface area contributed by atoms with E-state index < -0.39 is 0 Å². The highest BCUT2D eigenvalue weighted by Gasteiger charge is 2.10. The molecule has 0 saturated heterocycles. The van der Waals surface area contributed by atoms with E-state index >= 15 is 0 Å². The van der Waals surface area contributed by atoms with Gasteiger partial charge >= 0.3 is 0 Å². The van der Waals surface area contributed by atoms with E-state index in [0.717, 1.165) is 34.1 Å². The number of aromatic nitrogens is 5. The van der Waals surface area contributed by atoms with Crippen LogP contribution in [0.1, 0.15) is 41.0 Å². The Kier molecular flexibility index (Phi) is 5.02. The second kappa shape index (κ2) is 7.76. The van der Waals surface area contributed by atoms with E-state index in [9.17, 15) is 0 Å². The summed E-state index contributed by atoms with van der Waals surface area (Å²) in [4.78, 5) is 18.3. The summed E-state index contributed by atoms with van der Waals surface area (Å²) in [5.41, 5.74) is 6.16. The van der Waals surface area contributed by atoms with E-state index in [1.54, 1.807) is 6.20 Å². The van der Waals surface area contributed by atoms with Gasteiger partial charge in [-0.25, -0.2) is 9.97 Å². The van der Waals surface area contributed by atoms with Crippen LogP contribution in [0.25, 0.3) is 5.65 Å². The first kappa shape index (κ1) is 18.1. The van der Waals surface area contributed by atoms with Crippen LogP contribution < -0.4 is 4.74 Å². The average Bonchev–Trinajstić information content (AvgIpc) is 3.08. The zero-order chi connectivity index (χ0) is 19.5. The lowest BCUT2D eigenvalue weighted by atomic mass is 10.1. The van der Waals surface area contributed by atoms with Crippen LogP contribution in [-0.2, 0) is 12.8 Å². The fourth-order valence-electron chi connectivity index (χ4n) is 3.37. The zero-order valence-corrected chi connectivity index (χ0v) is 16.4. The lowest BCUT2D eigenvalue weighted by Gasteiger charge is -2.10. The van der Waals surface area contributed by atoms with E-state index in [-0.39, 0.29) is 0 Å². The van der Waals surface area contributed by atoms with E-state index in [4.69, 9.17) is 9.72 Å². The summed E-state index contributed by atoms with van der Waals surface area (Å²) < 4.78 is 7.67. The number of ether oxygens (including phenoxy) is 1. The highest BCUT2D eigenvalue weighted by Crippen LogP contribution is 2.17. The number of fused-ring (bicyclic) bond motifs is 1. The van der Waals surface area contributed by atoms with Gasteiger partial charge in [0.05, 0.1) is 18.7 Å². The van der Waals surface area contributed by atoms with Gasteiger partial charge in [0, 0.05) is 42.5 Å². The second-order valence-electron chi connectivity index (χ2n) is 6.91. The molecule has 28 heavy (non-hydrogen) atoms. The number of hydrogen-bond acceptors (Lipinski definition) is 5. The minimum Gasteiger partial charge on any atom is -0.478 e. The van der Waals surface area contributed by atoms with Crippen LogP contribution in [0.2, 0.25) is 0 Å². The van der Waals surface area contributed by atoms with Crippen LogP contribution in [0.4, 0.5) is 0 Å². The smallest absolute Gasteiger partial charge is 0.216 e. The molecular weight excluding hydrogens is 350 g/mol. The summed E-state index contributed by atoms with van der Waals surface area (Å²) in [6, 6.07) is 10.2. The largest absolute Gasteiger partial charge is 0.478 e. The molecule has 4 aromatic rings. The molecule has 6 heteroatoms. The van der Waals surface area contributed by atoms with Crippen molar-refractivity contribution in [3.63, 3.8) is 0 Å². The van der Waals surface area contributed by atoms with Gasteiger partial charge < -0.3 is 9.14 Å². The molecule has 0 atom stereocenters. The first-order chi connectivity index (χ1) is 13.6. The second-order valence-corrected chi connectivity index (χ2v) is 6.91. The molecule has 4 heterocycles. The highest BCUT2D eigenvalue weighted by atomic mass is 16.5. The molecule has 0 aliphatic heterocycles. The average molecular weight is 373 g/mol. The third-order valence-corrected chi connectivity index (χ3v) is 4.43. The molecule has 0 N–H and O–H groups in total. The van der Waals surface area contributed by atoms with Crippen LogP contribution in [0, 0.1) is 13.8 Å². The van der Waals surface area contributed by atoms with E-state index in [2.05, 4.69) is 46.1 Å². The monoisotopic (exact) mass is 373 g/mol. The minimum absolute atomic E-state index is 0.567. The predicted octanol–water partition coefficient (Wildman–Crippen LogP) is 3.72. The summed E-state index contributed by atoms with van der Waals surface area (Å²) in [6.45, 7) is 6.61. The molecule has 142 valence electrons. The molecule has 0 bridgehead atoms. The Bertz CT molecular complexity index is 1100. The number of imidazole rings is 1. The van der Waals surface area contributed by atoms with Crippen LogP contribution in [-0.4, -0.2) is 30.9 Å². The van der Waals surface area contributed by atoms with E-state index in [1.165, 1.54) is 5.56 Å². The van der Waals surface area contributed by atoms with Crippen molar-refractivity contribution in [1.82, 2.24) is 24.3 Å². The Morgan fingerprint density at radius 2 is 1.79 bits per heavy atom. The van der Waals surface area contributed by atoms with Crippen molar-refractivity contribution in [3.05, 3.63) is 83.0 Å². The van der Waals surface area contributed by atoms with E-state index in [0.29, 0.717) is 25.3 Å². The molecule has 0 unspecified atom stereocenters. The number of rotatable bonds is 6. The van der Waals surface area contributed by atoms with Crippen molar-refractivity contribution in [2.75, 3.05) is 6.61 Å². The summed E-state index contributed by atoms with van der Waals surface area (Å²) in [6.07, 6.45) is 7.02. The SMILES string of the molecule is CCOc1cc(Cc2ccn3ccnc3c2)nc(Cc2cc(C)cc(C)n2)n1. The molecule has 6 nitrogen and oxygen atoms in total. The van der Waals surface area contributed by atoms with Crippen LogP contribution in [0.5, 0.6) is 5.88 Å². The van der Waals surface area contributed by atoms with Crippen molar-refractivity contribution in [3.8, 4) is 5.88 Å². The summed E-state index contributed by atoms with van der Waals surface area (Å²) >= 11 is 0. The van der Waals surface area contributed by atoms with Gasteiger partial charge in [-0.15, -0.1) is 0 Å². The molecular formula is C22H23N5O. The third kappa shape index (κ3) is 4.17. The first-order valence-electron chi connectivity index (χ1n) is 9.44. The standard InChI is InChI=1S/C22H23N5O/c1-4-28-22-14-19(11-17-5-7-27-8-6-23-21(27)12-17)25-20(26-22)13-18-10-15(2)9-16(3)24-18/h5-10,12,14H,4,11,13H2,1-3H3. The van der Waals surface area contributed by atoms with Gasteiger partial charge in [0.1, 0.15) is 11.5 Å². The molecule has 0 aliphatic rings. The fourth-order valence-corrected chi connectivity index (χ4v) is 3.37. The topological polar surface area (TPSA) is 65.2 Å². The van der Waals surface area contributed by atoms with Gasteiger partial charge in [0.15, 0.2) is 0 Å². The van der Waals surface area contributed by atoms with Gasteiger partial charge in [-0.1, -0.05) is 0 Å². The van der Waals surface area contributed by atoms with Crippen LogP contribution >= 0.6 is 0 Å². The molecule has 0 aromatic carbocycles.